The largest absolute Gasteiger partial charge is 0.344 e. The molecule has 23 heavy (non-hydrogen) atoms. The van der Waals surface area contributed by atoms with E-state index in [-0.39, 0.29) is 23.5 Å². The van der Waals surface area contributed by atoms with Crippen LogP contribution in [-0.2, 0) is 4.79 Å². The highest BCUT2D eigenvalue weighted by atomic mass is 32.2. The van der Waals surface area contributed by atoms with Crippen LogP contribution in [0.15, 0.2) is 51.6 Å². The average molecular weight is 365 g/mol. The van der Waals surface area contributed by atoms with Gasteiger partial charge in [-0.3, -0.25) is 4.79 Å². The topological polar surface area (TPSA) is 54.9 Å². The first-order valence-electron chi connectivity index (χ1n) is 6.69. The lowest BCUT2D eigenvalue weighted by Crippen LogP contribution is -2.30. The molecule has 2 heterocycles. The number of carbonyl (C=O) groups excluding carboxylic acids is 1. The summed E-state index contributed by atoms with van der Waals surface area (Å²) in [6.45, 7) is 0. The lowest BCUT2D eigenvalue weighted by Gasteiger charge is -2.18. The van der Waals surface area contributed by atoms with Gasteiger partial charge in [0.05, 0.1) is 11.8 Å². The number of amides is 1. The van der Waals surface area contributed by atoms with E-state index >= 15 is 0 Å². The number of aromatic nitrogens is 2. The molecule has 0 fully saturated rings. The van der Waals surface area contributed by atoms with E-state index in [1.54, 1.807) is 29.0 Å². The highest BCUT2D eigenvalue weighted by Crippen LogP contribution is 2.27. The van der Waals surface area contributed by atoms with Gasteiger partial charge in [0.1, 0.15) is 11.3 Å². The van der Waals surface area contributed by atoms with Gasteiger partial charge in [0.2, 0.25) is 5.91 Å². The van der Waals surface area contributed by atoms with Crippen molar-refractivity contribution in [1.82, 2.24) is 15.5 Å². The Labute approximate surface area is 144 Å². The van der Waals surface area contributed by atoms with E-state index in [2.05, 4.69) is 15.5 Å². The van der Waals surface area contributed by atoms with Gasteiger partial charge in [-0.1, -0.05) is 41.3 Å². The summed E-state index contributed by atoms with van der Waals surface area (Å²) in [6, 6.07) is 9.79. The zero-order chi connectivity index (χ0) is 16.1. The fourth-order valence-electron chi connectivity index (χ4n) is 1.99. The Hall–Kier alpha value is -1.77. The van der Waals surface area contributed by atoms with Crippen molar-refractivity contribution in [1.29, 1.82) is 0 Å². The van der Waals surface area contributed by atoms with Crippen LogP contribution < -0.4 is 5.32 Å². The van der Waals surface area contributed by atoms with Gasteiger partial charge in [-0.2, -0.15) is 0 Å². The van der Waals surface area contributed by atoms with Crippen LogP contribution in [0.3, 0.4) is 0 Å². The fraction of sp³-hybridized carbons (Fsp3) is 0.133. The van der Waals surface area contributed by atoms with Crippen LogP contribution in [0.5, 0.6) is 0 Å². The molecule has 1 N–H and O–H groups in total. The van der Waals surface area contributed by atoms with E-state index in [4.69, 9.17) is 0 Å². The van der Waals surface area contributed by atoms with Gasteiger partial charge in [-0.25, -0.2) is 4.39 Å². The maximum absolute atomic E-state index is 13.1. The molecule has 118 valence electrons. The van der Waals surface area contributed by atoms with Crippen molar-refractivity contribution in [2.45, 2.75) is 10.4 Å². The van der Waals surface area contributed by atoms with Crippen molar-refractivity contribution in [2.24, 2.45) is 0 Å². The van der Waals surface area contributed by atoms with Crippen molar-refractivity contribution in [2.75, 3.05) is 5.75 Å². The SMILES string of the molecule is O=C(CSc1nncs1)N[C@@H](c1ccc(F)cc1)c1cccs1. The molecule has 2 aromatic heterocycles. The lowest BCUT2D eigenvalue weighted by atomic mass is 10.1. The number of hydrogen-bond acceptors (Lipinski definition) is 6. The van der Waals surface area contributed by atoms with Gasteiger partial charge in [0.15, 0.2) is 4.34 Å². The highest BCUT2D eigenvalue weighted by Gasteiger charge is 2.18. The van der Waals surface area contributed by atoms with E-state index in [9.17, 15) is 9.18 Å². The van der Waals surface area contributed by atoms with Crippen LogP contribution in [0, 0.1) is 5.82 Å². The molecule has 0 aliphatic heterocycles. The standard InChI is InChI=1S/C15H12FN3OS3/c16-11-5-3-10(4-6-11)14(12-2-1-7-21-12)18-13(20)8-22-15-19-17-9-23-15/h1-7,9,14H,8H2,(H,18,20)/t14-/m0/s1. The van der Waals surface area contributed by atoms with E-state index in [1.165, 1.54) is 35.2 Å². The normalized spacial score (nSPS) is 12.0. The predicted octanol–water partition coefficient (Wildman–Crippen LogP) is 3.74. The van der Waals surface area contributed by atoms with Crippen LogP contribution in [0.25, 0.3) is 0 Å². The van der Waals surface area contributed by atoms with Gasteiger partial charge in [0, 0.05) is 4.88 Å². The Morgan fingerprint density at radius 2 is 2.09 bits per heavy atom. The Kier molecular flexibility index (Phi) is 5.37. The summed E-state index contributed by atoms with van der Waals surface area (Å²) in [5.74, 6) is -0.136. The third-order valence-electron chi connectivity index (χ3n) is 3.00. The molecule has 8 heteroatoms. The second-order valence-electron chi connectivity index (χ2n) is 4.56. The number of nitrogens with one attached hydrogen (secondary N) is 1. The molecule has 0 radical (unpaired) electrons. The number of rotatable bonds is 6. The van der Waals surface area contributed by atoms with E-state index < -0.39 is 0 Å². The number of halogens is 1. The molecule has 0 bridgehead atoms. The summed E-state index contributed by atoms with van der Waals surface area (Å²) < 4.78 is 13.9. The third kappa shape index (κ3) is 4.37. The second kappa shape index (κ2) is 7.67. The number of thiophene rings is 1. The minimum absolute atomic E-state index is 0.104. The zero-order valence-electron chi connectivity index (χ0n) is 11.8. The molecule has 0 saturated heterocycles. The quantitative estimate of drug-likeness (QED) is 0.676. The van der Waals surface area contributed by atoms with Crippen molar-refractivity contribution < 1.29 is 9.18 Å². The van der Waals surface area contributed by atoms with Crippen molar-refractivity contribution in [3.63, 3.8) is 0 Å². The fourth-order valence-corrected chi connectivity index (χ4v) is 4.09. The van der Waals surface area contributed by atoms with Crippen molar-refractivity contribution in [3.8, 4) is 0 Å². The first-order valence-corrected chi connectivity index (χ1v) is 9.44. The molecule has 0 saturated carbocycles. The summed E-state index contributed by atoms with van der Waals surface area (Å²) in [5, 5.41) is 12.6. The molecule has 3 rings (SSSR count). The lowest BCUT2D eigenvalue weighted by molar-refractivity contribution is -0.119. The summed E-state index contributed by atoms with van der Waals surface area (Å²) in [5.41, 5.74) is 2.48. The van der Waals surface area contributed by atoms with Crippen LogP contribution in [-0.4, -0.2) is 21.9 Å². The molecule has 1 atom stereocenters. The number of thioether (sulfide) groups is 1. The molecular weight excluding hydrogens is 353 g/mol. The maximum Gasteiger partial charge on any atom is 0.231 e. The minimum Gasteiger partial charge on any atom is -0.344 e. The molecule has 0 aliphatic rings. The summed E-state index contributed by atoms with van der Waals surface area (Å²) in [4.78, 5) is 13.2. The third-order valence-corrected chi connectivity index (χ3v) is 5.80. The molecule has 4 nitrogen and oxygen atoms in total. The van der Waals surface area contributed by atoms with Crippen LogP contribution in [0.2, 0.25) is 0 Å². The van der Waals surface area contributed by atoms with Crippen LogP contribution >= 0.6 is 34.4 Å². The van der Waals surface area contributed by atoms with E-state index in [0.29, 0.717) is 0 Å². The van der Waals surface area contributed by atoms with Crippen molar-refractivity contribution >= 4 is 40.3 Å². The van der Waals surface area contributed by atoms with E-state index in [0.717, 1.165) is 14.8 Å². The summed E-state index contributed by atoms with van der Waals surface area (Å²) >= 11 is 4.30. The first-order chi connectivity index (χ1) is 11.2. The van der Waals surface area contributed by atoms with Gasteiger partial charge in [0.25, 0.3) is 0 Å². The second-order valence-corrected chi connectivity index (χ2v) is 7.60. The predicted molar refractivity (Wildman–Crippen MR) is 91.3 cm³/mol. The molecule has 0 unspecified atom stereocenters. The number of carbonyl (C=O) groups is 1. The van der Waals surface area contributed by atoms with Gasteiger partial charge >= 0.3 is 0 Å². The highest BCUT2D eigenvalue weighted by molar-refractivity contribution is 8.01. The Bertz CT molecular complexity index is 745. The first kappa shape index (κ1) is 16.1. The Balaban J connectivity index is 1.71. The Morgan fingerprint density at radius 1 is 1.26 bits per heavy atom. The monoisotopic (exact) mass is 365 g/mol. The zero-order valence-corrected chi connectivity index (χ0v) is 14.3. The molecule has 0 aliphatic carbocycles. The smallest absolute Gasteiger partial charge is 0.231 e. The average Bonchev–Trinajstić information content (AvgIpc) is 3.25. The summed E-state index contributed by atoms with van der Waals surface area (Å²) in [6.07, 6.45) is 0. The number of nitrogens with zero attached hydrogens (tertiary/aromatic N) is 2. The van der Waals surface area contributed by atoms with Crippen LogP contribution in [0.1, 0.15) is 16.5 Å². The maximum atomic E-state index is 13.1. The molecular formula is C15H12FN3OS3. The molecule has 0 spiro atoms. The number of hydrogen-bond donors (Lipinski definition) is 1. The molecule has 1 amide bonds. The van der Waals surface area contributed by atoms with Gasteiger partial charge < -0.3 is 5.32 Å². The van der Waals surface area contributed by atoms with Crippen LogP contribution in [0.4, 0.5) is 4.39 Å². The molecule has 3 aromatic rings. The van der Waals surface area contributed by atoms with Crippen molar-refractivity contribution in [3.05, 3.63) is 63.5 Å². The minimum atomic E-state index is -0.295. The van der Waals surface area contributed by atoms with Gasteiger partial charge in [-0.15, -0.1) is 21.5 Å². The summed E-state index contributed by atoms with van der Waals surface area (Å²) in [7, 11) is 0. The number of benzene rings is 1. The molecule has 1 aromatic carbocycles. The Morgan fingerprint density at radius 3 is 2.74 bits per heavy atom. The van der Waals surface area contributed by atoms with E-state index in [1.807, 2.05) is 17.5 Å². The van der Waals surface area contributed by atoms with Gasteiger partial charge in [-0.05, 0) is 29.1 Å².